The van der Waals surface area contributed by atoms with Crippen molar-refractivity contribution in [2.45, 2.75) is 12.6 Å². The summed E-state index contributed by atoms with van der Waals surface area (Å²) < 4.78 is 5.34. The van der Waals surface area contributed by atoms with Crippen LogP contribution >= 0.6 is 11.6 Å². The minimum atomic E-state index is -0.375. The van der Waals surface area contributed by atoms with Crippen LogP contribution in [0.1, 0.15) is 5.76 Å². The summed E-state index contributed by atoms with van der Waals surface area (Å²) in [4.78, 5) is 29.4. The maximum absolute atomic E-state index is 12.2. The molecule has 20 heavy (non-hydrogen) atoms. The van der Waals surface area contributed by atoms with Gasteiger partial charge in [0.15, 0.2) is 5.22 Å². The van der Waals surface area contributed by atoms with E-state index in [0.717, 1.165) is 12.3 Å². The van der Waals surface area contributed by atoms with Crippen LogP contribution in [-0.2, 0) is 16.1 Å². The van der Waals surface area contributed by atoms with Crippen LogP contribution in [0.15, 0.2) is 16.5 Å². The van der Waals surface area contributed by atoms with Crippen LogP contribution in [-0.4, -0.2) is 65.8 Å². The smallest absolute Gasteiger partial charge is 0.246 e. The van der Waals surface area contributed by atoms with Gasteiger partial charge in [-0.3, -0.25) is 14.5 Å². The molecule has 6 nitrogen and oxygen atoms in total. The Kier molecular flexibility index (Phi) is 3.43. The number of carbonyl (C=O) groups is 2. The number of nitrogens with zero attached hydrogens (tertiary/aromatic N) is 3. The van der Waals surface area contributed by atoms with Crippen LogP contribution in [0, 0.1) is 0 Å². The van der Waals surface area contributed by atoms with Crippen LogP contribution in [0.2, 0.25) is 5.22 Å². The van der Waals surface area contributed by atoms with Gasteiger partial charge in [-0.2, -0.15) is 0 Å². The molecule has 2 aliphatic heterocycles. The van der Waals surface area contributed by atoms with Crippen LogP contribution < -0.4 is 0 Å². The first-order valence-electron chi connectivity index (χ1n) is 6.55. The quantitative estimate of drug-likeness (QED) is 0.794. The molecule has 2 saturated heterocycles. The molecule has 0 aliphatic carbocycles. The van der Waals surface area contributed by atoms with E-state index in [9.17, 15) is 9.59 Å². The highest BCUT2D eigenvalue weighted by atomic mass is 35.5. The molecule has 2 amide bonds. The normalized spacial score (nSPS) is 24.2. The summed E-state index contributed by atoms with van der Waals surface area (Å²) in [6, 6.07) is 3.16. The van der Waals surface area contributed by atoms with Crippen molar-refractivity contribution < 1.29 is 14.0 Å². The summed E-state index contributed by atoms with van der Waals surface area (Å²) in [6.07, 6.45) is 0. The molecule has 3 heterocycles. The number of amides is 2. The van der Waals surface area contributed by atoms with E-state index in [-0.39, 0.29) is 24.4 Å². The molecule has 7 heteroatoms. The predicted octanol–water partition coefficient (Wildman–Crippen LogP) is 0.418. The van der Waals surface area contributed by atoms with Crippen LogP contribution in [0.4, 0.5) is 0 Å². The van der Waals surface area contributed by atoms with Crippen LogP contribution in [0.5, 0.6) is 0 Å². The molecule has 0 radical (unpaired) electrons. The number of rotatable bonds is 2. The zero-order chi connectivity index (χ0) is 14.3. The van der Waals surface area contributed by atoms with Gasteiger partial charge in [-0.05, 0) is 23.7 Å². The highest BCUT2D eigenvalue weighted by Gasteiger charge is 2.41. The summed E-state index contributed by atoms with van der Waals surface area (Å²) in [5, 5.41) is 0.363. The third kappa shape index (κ3) is 2.41. The van der Waals surface area contributed by atoms with E-state index in [1.54, 1.807) is 18.0 Å². The third-order valence-corrected chi connectivity index (χ3v) is 4.03. The van der Waals surface area contributed by atoms with Crippen molar-refractivity contribution in [1.29, 1.82) is 0 Å². The fraction of sp³-hybridized carbons (Fsp3) is 0.538. The van der Waals surface area contributed by atoms with Gasteiger partial charge in [0.1, 0.15) is 11.8 Å². The molecular weight excluding hydrogens is 282 g/mol. The van der Waals surface area contributed by atoms with Crippen LogP contribution in [0.3, 0.4) is 0 Å². The second-order valence-electron chi connectivity index (χ2n) is 5.24. The SMILES string of the molecule is CN1CC(=O)N2CCN(Cc3ccc(Cl)o3)C[C@H]2C1=O. The average Bonchev–Trinajstić information content (AvgIpc) is 2.81. The second-order valence-corrected chi connectivity index (χ2v) is 5.61. The number of piperazine rings is 2. The molecule has 2 fully saturated rings. The van der Waals surface area contributed by atoms with Gasteiger partial charge < -0.3 is 14.2 Å². The fourth-order valence-electron chi connectivity index (χ4n) is 2.78. The standard InChI is InChI=1S/C13H16ClN3O3/c1-15-8-12(18)17-5-4-16(7-10(17)13(15)19)6-9-2-3-11(14)20-9/h2-3,10H,4-8H2,1H3/t10-/m0/s1. The zero-order valence-electron chi connectivity index (χ0n) is 11.2. The van der Waals surface area contributed by atoms with Gasteiger partial charge in [0, 0.05) is 26.7 Å². The van der Waals surface area contributed by atoms with Crippen molar-refractivity contribution >= 4 is 23.4 Å². The molecule has 0 spiro atoms. The van der Waals surface area contributed by atoms with Crippen molar-refractivity contribution in [2.75, 3.05) is 33.2 Å². The molecule has 108 valence electrons. The molecule has 0 bridgehead atoms. The molecule has 0 unspecified atom stereocenters. The second kappa shape index (κ2) is 5.10. The average molecular weight is 298 g/mol. The maximum atomic E-state index is 12.2. The Bertz CT molecular complexity index is 545. The Hall–Kier alpha value is -1.53. The van der Waals surface area contributed by atoms with E-state index < -0.39 is 0 Å². The van der Waals surface area contributed by atoms with Crippen molar-refractivity contribution in [3.8, 4) is 0 Å². The lowest BCUT2D eigenvalue weighted by Crippen LogP contribution is -2.65. The molecule has 1 aromatic heterocycles. The number of fused-ring (bicyclic) bond motifs is 1. The van der Waals surface area contributed by atoms with E-state index >= 15 is 0 Å². The zero-order valence-corrected chi connectivity index (χ0v) is 12.0. The van der Waals surface area contributed by atoms with Crippen molar-refractivity contribution in [1.82, 2.24) is 14.7 Å². The predicted molar refractivity (Wildman–Crippen MR) is 72.1 cm³/mol. The van der Waals surface area contributed by atoms with Gasteiger partial charge in [-0.1, -0.05) is 0 Å². The molecule has 2 aliphatic rings. The monoisotopic (exact) mass is 297 g/mol. The van der Waals surface area contributed by atoms with Crippen molar-refractivity contribution in [2.24, 2.45) is 0 Å². The minimum absolute atomic E-state index is 0.00628. The molecule has 1 atom stereocenters. The number of likely N-dealkylation sites (N-methyl/N-ethyl adjacent to an activating group) is 1. The topological polar surface area (TPSA) is 57.0 Å². The molecular formula is C13H16ClN3O3. The van der Waals surface area contributed by atoms with E-state index in [4.69, 9.17) is 16.0 Å². The number of carbonyl (C=O) groups excluding carboxylic acids is 2. The van der Waals surface area contributed by atoms with Crippen molar-refractivity contribution in [3.63, 3.8) is 0 Å². The Morgan fingerprint density at radius 3 is 2.85 bits per heavy atom. The Labute approximate surface area is 121 Å². The molecule has 0 N–H and O–H groups in total. The van der Waals surface area contributed by atoms with Gasteiger partial charge in [0.05, 0.1) is 13.1 Å². The van der Waals surface area contributed by atoms with E-state index in [1.165, 1.54) is 4.90 Å². The van der Waals surface area contributed by atoms with Crippen LogP contribution in [0.25, 0.3) is 0 Å². The summed E-state index contributed by atoms with van der Waals surface area (Å²) >= 11 is 5.75. The van der Waals surface area contributed by atoms with Gasteiger partial charge >= 0.3 is 0 Å². The van der Waals surface area contributed by atoms with E-state index in [0.29, 0.717) is 24.9 Å². The minimum Gasteiger partial charge on any atom is -0.448 e. The summed E-state index contributed by atoms with van der Waals surface area (Å²) in [7, 11) is 1.67. The van der Waals surface area contributed by atoms with Gasteiger partial charge in [0.2, 0.25) is 11.8 Å². The highest BCUT2D eigenvalue weighted by molar-refractivity contribution is 6.28. The number of halogens is 1. The van der Waals surface area contributed by atoms with E-state index in [2.05, 4.69) is 4.90 Å². The fourth-order valence-corrected chi connectivity index (χ4v) is 2.94. The lowest BCUT2D eigenvalue weighted by atomic mass is 10.1. The summed E-state index contributed by atoms with van der Waals surface area (Å²) in [5.41, 5.74) is 0. The first-order valence-corrected chi connectivity index (χ1v) is 6.93. The lowest BCUT2D eigenvalue weighted by molar-refractivity contribution is -0.158. The number of furan rings is 1. The van der Waals surface area contributed by atoms with Gasteiger partial charge in [-0.15, -0.1) is 0 Å². The molecule has 1 aromatic rings. The molecule has 3 rings (SSSR count). The number of hydrogen-bond acceptors (Lipinski definition) is 4. The van der Waals surface area contributed by atoms with E-state index in [1.807, 2.05) is 6.07 Å². The van der Waals surface area contributed by atoms with Crippen molar-refractivity contribution in [3.05, 3.63) is 23.1 Å². The first-order chi connectivity index (χ1) is 9.54. The Balaban J connectivity index is 1.70. The number of hydrogen-bond donors (Lipinski definition) is 0. The first kappa shape index (κ1) is 13.5. The Morgan fingerprint density at radius 2 is 2.15 bits per heavy atom. The summed E-state index contributed by atoms with van der Waals surface area (Å²) in [6.45, 7) is 2.63. The largest absolute Gasteiger partial charge is 0.448 e. The molecule has 0 aromatic carbocycles. The lowest BCUT2D eigenvalue weighted by Gasteiger charge is -2.45. The third-order valence-electron chi connectivity index (χ3n) is 3.83. The van der Waals surface area contributed by atoms with Gasteiger partial charge in [-0.25, -0.2) is 0 Å². The van der Waals surface area contributed by atoms with Gasteiger partial charge in [0.25, 0.3) is 0 Å². The molecule has 0 saturated carbocycles. The highest BCUT2D eigenvalue weighted by Crippen LogP contribution is 2.20. The Morgan fingerprint density at radius 1 is 1.35 bits per heavy atom. The maximum Gasteiger partial charge on any atom is 0.246 e. The summed E-state index contributed by atoms with van der Waals surface area (Å²) in [5.74, 6) is 0.802.